The van der Waals surface area contributed by atoms with Crippen molar-refractivity contribution in [2.24, 2.45) is 11.7 Å². The van der Waals surface area contributed by atoms with E-state index in [4.69, 9.17) is 5.73 Å². The van der Waals surface area contributed by atoms with Gasteiger partial charge in [-0.15, -0.1) is 24.8 Å². The van der Waals surface area contributed by atoms with Crippen molar-refractivity contribution < 1.29 is 9.59 Å². The van der Waals surface area contributed by atoms with Gasteiger partial charge in [-0.1, -0.05) is 27.7 Å². The van der Waals surface area contributed by atoms with Gasteiger partial charge in [0.15, 0.2) is 0 Å². The molecule has 0 aromatic carbocycles. The third-order valence-corrected chi connectivity index (χ3v) is 4.77. The lowest BCUT2D eigenvalue weighted by atomic mass is 10.1. The van der Waals surface area contributed by atoms with Crippen LogP contribution < -0.4 is 16.0 Å². The molecule has 3 N–H and O–H groups in total. The summed E-state index contributed by atoms with van der Waals surface area (Å²) >= 11 is 0. The summed E-state index contributed by atoms with van der Waals surface area (Å²) in [5.41, 5.74) is 6.75. The van der Waals surface area contributed by atoms with Gasteiger partial charge >= 0.3 is 0 Å². The van der Waals surface area contributed by atoms with Crippen molar-refractivity contribution in [3.63, 3.8) is 0 Å². The summed E-state index contributed by atoms with van der Waals surface area (Å²) in [5.74, 6) is 1.70. The highest BCUT2D eigenvalue weighted by Crippen LogP contribution is 2.18. The number of carbonyl (C=O) groups is 2. The Morgan fingerprint density at radius 3 is 2.21 bits per heavy atom. The standard InChI is InChI=1S/C19H32N6O2.2ClH/c1-12(2)17(20)19(27)21-11-16(26)25-8-6-24(7-9-25)15-10-14(5)22-18(23-15)13(3)4;;/h10,12-13,17H,6-9,11,20H2,1-5H3,(H,21,27);2*1H/t17-;;/m0../s1. The molecule has 1 atom stereocenters. The lowest BCUT2D eigenvalue weighted by Crippen LogP contribution is -2.53. The maximum absolute atomic E-state index is 12.4. The number of piperazine rings is 1. The van der Waals surface area contributed by atoms with Crippen molar-refractivity contribution >= 4 is 42.4 Å². The minimum atomic E-state index is -0.592. The first kappa shape index (κ1) is 27.4. The number of rotatable bonds is 6. The fraction of sp³-hybridized carbons (Fsp3) is 0.684. The number of halogens is 2. The van der Waals surface area contributed by atoms with Crippen LogP contribution in [0.5, 0.6) is 0 Å². The van der Waals surface area contributed by atoms with Crippen molar-refractivity contribution in [2.75, 3.05) is 37.6 Å². The van der Waals surface area contributed by atoms with Gasteiger partial charge < -0.3 is 20.9 Å². The minimum absolute atomic E-state index is 0. The van der Waals surface area contributed by atoms with Gasteiger partial charge in [-0.25, -0.2) is 9.97 Å². The third kappa shape index (κ3) is 7.60. The molecule has 0 spiro atoms. The summed E-state index contributed by atoms with van der Waals surface area (Å²) in [6.07, 6.45) is 0. The van der Waals surface area contributed by atoms with E-state index in [-0.39, 0.29) is 55.0 Å². The Bertz CT molecular complexity index is 679. The Morgan fingerprint density at radius 2 is 1.69 bits per heavy atom. The molecule has 0 saturated carbocycles. The van der Waals surface area contributed by atoms with E-state index in [0.29, 0.717) is 26.2 Å². The van der Waals surface area contributed by atoms with E-state index in [2.05, 4.69) is 34.0 Å². The van der Waals surface area contributed by atoms with Crippen LogP contribution in [0.15, 0.2) is 6.07 Å². The van der Waals surface area contributed by atoms with Crippen molar-refractivity contribution in [1.82, 2.24) is 20.2 Å². The number of amides is 2. The highest BCUT2D eigenvalue weighted by molar-refractivity contribution is 5.87. The number of nitrogens with two attached hydrogens (primary N) is 1. The van der Waals surface area contributed by atoms with Crippen LogP contribution in [0.25, 0.3) is 0 Å². The number of hydrogen-bond acceptors (Lipinski definition) is 6. The molecule has 10 heteroatoms. The lowest BCUT2D eigenvalue weighted by molar-refractivity contribution is -0.133. The van der Waals surface area contributed by atoms with E-state index in [1.54, 1.807) is 4.90 Å². The van der Waals surface area contributed by atoms with E-state index >= 15 is 0 Å². The third-order valence-electron chi connectivity index (χ3n) is 4.77. The zero-order valence-electron chi connectivity index (χ0n) is 17.8. The monoisotopic (exact) mass is 448 g/mol. The molecule has 0 radical (unpaired) electrons. The Kier molecular flexibility index (Phi) is 11.5. The lowest BCUT2D eigenvalue weighted by Gasteiger charge is -2.35. The Labute approximate surface area is 185 Å². The summed E-state index contributed by atoms with van der Waals surface area (Å²) in [6, 6.07) is 1.39. The predicted octanol–water partition coefficient (Wildman–Crippen LogP) is 1.50. The fourth-order valence-electron chi connectivity index (χ4n) is 2.87. The molecule has 29 heavy (non-hydrogen) atoms. The quantitative estimate of drug-likeness (QED) is 0.682. The van der Waals surface area contributed by atoms with Crippen molar-refractivity contribution in [1.29, 1.82) is 0 Å². The second-order valence-corrected chi connectivity index (χ2v) is 7.74. The van der Waals surface area contributed by atoms with Crippen LogP contribution in [0, 0.1) is 12.8 Å². The summed E-state index contributed by atoms with van der Waals surface area (Å²) in [5, 5.41) is 2.64. The molecule has 0 aliphatic carbocycles. The Balaban J connectivity index is 0.00000392. The van der Waals surface area contributed by atoms with Crippen LogP contribution >= 0.6 is 24.8 Å². The molecule has 1 aliphatic rings. The predicted molar refractivity (Wildman–Crippen MR) is 120 cm³/mol. The summed E-state index contributed by atoms with van der Waals surface area (Å²) in [6.45, 7) is 12.5. The van der Waals surface area contributed by atoms with Gasteiger partial charge in [0.05, 0.1) is 12.6 Å². The van der Waals surface area contributed by atoms with Gasteiger partial charge in [0.2, 0.25) is 11.8 Å². The van der Waals surface area contributed by atoms with Gasteiger partial charge in [-0.3, -0.25) is 9.59 Å². The van der Waals surface area contributed by atoms with E-state index in [1.807, 2.05) is 26.8 Å². The number of nitrogens with one attached hydrogen (secondary N) is 1. The van der Waals surface area contributed by atoms with Crippen molar-refractivity contribution in [3.05, 3.63) is 17.6 Å². The SMILES string of the molecule is Cc1cc(N2CCN(C(=O)CNC(=O)[C@@H](N)C(C)C)CC2)nc(C(C)C)n1.Cl.Cl. The maximum atomic E-state index is 12.4. The zero-order chi connectivity index (χ0) is 20.1. The molecule has 2 amide bonds. The van der Waals surface area contributed by atoms with Gasteiger partial charge in [-0.05, 0) is 12.8 Å². The Hall–Kier alpha value is -1.64. The van der Waals surface area contributed by atoms with Crippen molar-refractivity contribution in [3.8, 4) is 0 Å². The van der Waals surface area contributed by atoms with Crippen LogP contribution in [-0.4, -0.2) is 65.4 Å². The van der Waals surface area contributed by atoms with E-state index in [9.17, 15) is 9.59 Å². The smallest absolute Gasteiger partial charge is 0.242 e. The first-order valence-corrected chi connectivity index (χ1v) is 9.60. The van der Waals surface area contributed by atoms with Gasteiger partial charge in [0, 0.05) is 43.9 Å². The molecule has 2 rings (SSSR count). The second kappa shape index (κ2) is 12.1. The first-order chi connectivity index (χ1) is 12.7. The molecule has 1 aromatic heterocycles. The molecule has 1 aliphatic heterocycles. The average molecular weight is 449 g/mol. The Morgan fingerprint density at radius 1 is 1.10 bits per heavy atom. The largest absolute Gasteiger partial charge is 0.353 e. The minimum Gasteiger partial charge on any atom is -0.353 e. The molecular formula is C19H34Cl2N6O2. The van der Waals surface area contributed by atoms with Gasteiger partial charge in [0.25, 0.3) is 0 Å². The number of carbonyl (C=O) groups excluding carboxylic acids is 2. The molecule has 0 unspecified atom stereocenters. The normalized spacial score (nSPS) is 14.9. The maximum Gasteiger partial charge on any atom is 0.242 e. The molecular weight excluding hydrogens is 415 g/mol. The molecule has 8 nitrogen and oxygen atoms in total. The number of aryl methyl sites for hydroxylation is 1. The first-order valence-electron chi connectivity index (χ1n) is 9.60. The number of anilines is 1. The van der Waals surface area contributed by atoms with Crippen LogP contribution in [0.3, 0.4) is 0 Å². The van der Waals surface area contributed by atoms with Crippen molar-refractivity contribution in [2.45, 2.75) is 46.6 Å². The van der Waals surface area contributed by atoms with Crippen LogP contribution in [0.2, 0.25) is 0 Å². The molecule has 1 aromatic rings. The second-order valence-electron chi connectivity index (χ2n) is 7.74. The molecule has 166 valence electrons. The molecule has 2 heterocycles. The summed E-state index contributed by atoms with van der Waals surface area (Å²) in [7, 11) is 0. The molecule has 0 bridgehead atoms. The van der Waals surface area contributed by atoms with E-state index in [0.717, 1.165) is 17.3 Å². The zero-order valence-corrected chi connectivity index (χ0v) is 19.5. The molecule has 1 fully saturated rings. The van der Waals surface area contributed by atoms with Crippen LogP contribution in [-0.2, 0) is 9.59 Å². The van der Waals surface area contributed by atoms with Gasteiger partial charge in [0.1, 0.15) is 11.6 Å². The average Bonchev–Trinajstić information content (AvgIpc) is 2.64. The highest BCUT2D eigenvalue weighted by Gasteiger charge is 2.24. The molecule has 1 saturated heterocycles. The number of aromatic nitrogens is 2. The van der Waals surface area contributed by atoms with E-state index < -0.39 is 6.04 Å². The topological polar surface area (TPSA) is 104 Å². The van der Waals surface area contributed by atoms with Crippen LogP contribution in [0.1, 0.15) is 45.1 Å². The fourth-order valence-corrected chi connectivity index (χ4v) is 2.87. The summed E-state index contributed by atoms with van der Waals surface area (Å²) < 4.78 is 0. The van der Waals surface area contributed by atoms with E-state index in [1.165, 1.54) is 0 Å². The number of nitrogens with zero attached hydrogens (tertiary/aromatic N) is 4. The number of hydrogen-bond donors (Lipinski definition) is 2. The highest BCUT2D eigenvalue weighted by atomic mass is 35.5. The van der Waals surface area contributed by atoms with Gasteiger partial charge in [-0.2, -0.15) is 0 Å². The van der Waals surface area contributed by atoms with Crippen LogP contribution in [0.4, 0.5) is 5.82 Å². The summed E-state index contributed by atoms with van der Waals surface area (Å²) in [4.78, 5) is 37.4.